The summed E-state index contributed by atoms with van der Waals surface area (Å²) in [5, 5.41) is 3.62. The minimum Gasteiger partial charge on any atom is -0.452 e. The van der Waals surface area contributed by atoms with Gasteiger partial charge in [0.15, 0.2) is 6.61 Å². The predicted molar refractivity (Wildman–Crippen MR) is 110 cm³/mol. The molecule has 0 N–H and O–H groups in total. The normalized spacial score (nSPS) is 12.2. The maximum absolute atomic E-state index is 12.9. The third-order valence-electron chi connectivity index (χ3n) is 4.66. The zero-order chi connectivity index (χ0) is 24.2. The molecule has 0 saturated carbocycles. The number of benzene rings is 2. The van der Waals surface area contributed by atoms with E-state index in [4.69, 9.17) is 9.26 Å². The van der Waals surface area contributed by atoms with Gasteiger partial charge in [-0.1, -0.05) is 37.2 Å². The van der Waals surface area contributed by atoms with Crippen molar-refractivity contribution in [3.63, 3.8) is 0 Å². The molecule has 0 bridgehead atoms. The summed E-state index contributed by atoms with van der Waals surface area (Å²) in [5.41, 5.74) is -0.779. The van der Waals surface area contributed by atoms with Crippen LogP contribution < -0.4 is 0 Å². The number of sulfonamides is 1. The van der Waals surface area contributed by atoms with Crippen LogP contribution in [0.2, 0.25) is 0 Å². The molecule has 176 valence electrons. The van der Waals surface area contributed by atoms with Crippen molar-refractivity contribution >= 4 is 16.0 Å². The number of halogens is 3. The number of hydrogen-bond acceptors (Lipinski definition) is 7. The standard InChI is InChI=1S/C21H20F3N3O5S/c1-3-27(4-2)33(29,30)17-10-6-8-15(12-17)20(28)31-13-18-25-19(26-32-18)14-7-5-9-16(11-14)21(22,23)24/h5-12H,3-4,13H2,1-2H3. The van der Waals surface area contributed by atoms with Gasteiger partial charge in [-0.15, -0.1) is 0 Å². The Morgan fingerprint density at radius 3 is 2.45 bits per heavy atom. The van der Waals surface area contributed by atoms with E-state index in [2.05, 4.69) is 10.1 Å². The van der Waals surface area contributed by atoms with Crippen LogP contribution in [0.25, 0.3) is 11.4 Å². The van der Waals surface area contributed by atoms with Gasteiger partial charge in [0.2, 0.25) is 15.8 Å². The van der Waals surface area contributed by atoms with E-state index in [-0.39, 0.29) is 40.8 Å². The van der Waals surface area contributed by atoms with E-state index < -0.39 is 34.3 Å². The van der Waals surface area contributed by atoms with E-state index in [0.717, 1.165) is 12.1 Å². The second-order valence-corrected chi connectivity index (χ2v) is 8.72. The molecule has 0 aliphatic heterocycles. The number of hydrogen-bond donors (Lipinski definition) is 0. The van der Waals surface area contributed by atoms with Crippen LogP contribution >= 0.6 is 0 Å². The van der Waals surface area contributed by atoms with Gasteiger partial charge in [-0.05, 0) is 30.3 Å². The van der Waals surface area contributed by atoms with Crippen LogP contribution in [0.15, 0.2) is 57.9 Å². The summed E-state index contributed by atoms with van der Waals surface area (Å²) < 4.78 is 75.2. The highest BCUT2D eigenvalue weighted by Gasteiger charge is 2.31. The molecule has 0 saturated heterocycles. The molecule has 12 heteroatoms. The van der Waals surface area contributed by atoms with Gasteiger partial charge in [-0.25, -0.2) is 13.2 Å². The Hall–Kier alpha value is -3.25. The van der Waals surface area contributed by atoms with Crippen LogP contribution in [0.1, 0.15) is 35.7 Å². The Morgan fingerprint density at radius 2 is 1.79 bits per heavy atom. The van der Waals surface area contributed by atoms with Crippen molar-refractivity contribution in [3.05, 3.63) is 65.5 Å². The molecule has 3 aromatic rings. The molecule has 3 rings (SSSR count). The number of nitrogens with zero attached hydrogens (tertiary/aromatic N) is 3. The number of alkyl halides is 3. The summed E-state index contributed by atoms with van der Waals surface area (Å²) in [7, 11) is -3.76. The molecule has 0 aliphatic carbocycles. The zero-order valence-electron chi connectivity index (χ0n) is 17.7. The number of ether oxygens (including phenoxy) is 1. The lowest BCUT2D eigenvalue weighted by Gasteiger charge is -2.18. The molecule has 0 fully saturated rings. The Labute approximate surface area is 188 Å². The van der Waals surface area contributed by atoms with Crippen molar-refractivity contribution in [3.8, 4) is 11.4 Å². The first kappa shape index (κ1) is 24.4. The van der Waals surface area contributed by atoms with Crippen molar-refractivity contribution in [2.45, 2.75) is 31.5 Å². The second-order valence-electron chi connectivity index (χ2n) is 6.78. The van der Waals surface area contributed by atoms with Crippen molar-refractivity contribution in [1.82, 2.24) is 14.4 Å². The van der Waals surface area contributed by atoms with Crippen molar-refractivity contribution < 1.29 is 35.6 Å². The van der Waals surface area contributed by atoms with Gasteiger partial charge in [0.1, 0.15) is 0 Å². The summed E-state index contributed by atoms with van der Waals surface area (Å²) in [4.78, 5) is 16.3. The van der Waals surface area contributed by atoms with Gasteiger partial charge in [-0.3, -0.25) is 0 Å². The summed E-state index contributed by atoms with van der Waals surface area (Å²) in [6.45, 7) is 3.52. The van der Waals surface area contributed by atoms with Crippen LogP contribution in [-0.4, -0.2) is 41.9 Å². The zero-order valence-corrected chi connectivity index (χ0v) is 18.5. The molecular formula is C21H20F3N3O5S. The van der Waals surface area contributed by atoms with Crippen LogP contribution in [-0.2, 0) is 27.5 Å². The molecule has 0 radical (unpaired) electrons. The monoisotopic (exact) mass is 483 g/mol. The number of aromatic nitrogens is 2. The highest BCUT2D eigenvalue weighted by Crippen LogP contribution is 2.31. The molecule has 33 heavy (non-hydrogen) atoms. The first-order chi connectivity index (χ1) is 15.6. The average Bonchev–Trinajstić information content (AvgIpc) is 3.27. The summed E-state index contributed by atoms with van der Waals surface area (Å²) in [6, 6.07) is 9.80. The first-order valence-corrected chi connectivity index (χ1v) is 11.3. The Kier molecular flexibility index (Phi) is 7.18. The van der Waals surface area contributed by atoms with Crippen LogP contribution in [0.4, 0.5) is 13.2 Å². The lowest BCUT2D eigenvalue weighted by Crippen LogP contribution is -2.30. The van der Waals surface area contributed by atoms with Crippen LogP contribution in [0, 0.1) is 0 Å². The van der Waals surface area contributed by atoms with Gasteiger partial charge in [0.05, 0.1) is 16.0 Å². The van der Waals surface area contributed by atoms with Crippen molar-refractivity contribution in [2.75, 3.05) is 13.1 Å². The third-order valence-corrected chi connectivity index (χ3v) is 6.70. The Morgan fingerprint density at radius 1 is 1.09 bits per heavy atom. The SMILES string of the molecule is CCN(CC)S(=O)(=O)c1cccc(C(=O)OCc2nc(-c3cccc(C(F)(F)F)c3)no2)c1. The average molecular weight is 483 g/mol. The molecule has 0 atom stereocenters. The number of carbonyl (C=O) groups excluding carboxylic acids is 1. The fourth-order valence-corrected chi connectivity index (χ4v) is 4.48. The van der Waals surface area contributed by atoms with E-state index in [9.17, 15) is 26.4 Å². The smallest absolute Gasteiger partial charge is 0.416 e. The van der Waals surface area contributed by atoms with Crippen LogP contribution in [0.5, 0.6) is 0 Å². The van der Waals surface area contributed by atoms with Gasteiger partial charge in [0.25, 0.3) is 5.89 Å². The highest BCUT2D eigenvalue weighted by molar-refractivity contribution is 7.89. The second kappa shape index (κ2) is 9.71. The molecule has 8 nitrogen and oxygen atoms in total. The Bertz CT molecular complexity index is 1240. The molecule has 1 aromatic heterocycles. The van der Waals surface area contributed by atoms with E-state index in [1.165, 1.54) is 40.7 Å². The summed E-state index contributed by atoms with van der Waals surface area (Å²) in [6.07, 6.45) is -4.52. The molecule has 2 aromatic carbocycles. The highest BCUT2D eigenvalue weighted by atomic mass is 32.2. The van der Waals surface area contributed by atoms with E-state index >= 15 is 0 Å². The number of carbonyl (C=O) groups is 1. The minimum atomic E-state index is -4.52. The summed E-state index contributed by atoms with van der Waals surface area (Å²) >= 11 is 0. The van der Waals surface area contributed by atoms with E-state index in [1.807, 2.05) is 0 Å². The topological polar surface area (TPSA) is 103 Å². The molecule has 0 amide bonds. The van der Waals surface area contributed by atoms with Crippen LogP contribution in [0.3, 0.4) is 0 Å². The minimum absolute atomic E-state index is 0.000785. The maximum Gasteiger partial charge on any atom is 0.416 e. The van der Waals surface area contributed by atoms with E-state index in [0.29, 0.717) is 0 Å². The number of rotatable bonds is 8. The van der Waals surface area contributed by atoms with Crippen molar-refractivity contribution in [2.24, 2.45) is 0 Å². The number of esters is 1. The molecule has 1 heterocycles. The molecule has 0 spiro atoms. The third kappa shape index (κ3) is 5.57. The predicted octanol–water partition coefficient (Wildman–Crippen LogP) is 4.14. The maximum atomic E-state index is 12.9. The first-order valence-electron chi connectivity index (χ1n) is 9.83. The lowest BCUT2D eigenvalue weighted by atomic mass is 10.1. The van der Waals surface area contributed by atoms with Gasteiger partial charge in [-0.2, -0.15) is 22.5 Å². The fraction of sp³-hybridized carbons (Fsp3) is 0.286. The fourth-order valence-electron chi connectivity index (χ4n) is 2.97. The van der Waals surface area contributed by atoms with E-state index in [1.54, 1.807) is 13.8 Å². The molecular weight excluding hydrogens is 463 g/mol. The largest absolute Gasteiger partial charge is 0.452 e. The van der Waals surface area contributed by atoms with Crippen molar-refractivity contribution in [1.29, 1.82) is 0 Å². The van der Waals surface area contributed by atoms with Gasteiger partial charge in [0, 0.05) is 18.7 Å². The molecule has 0 aliphatic rings. The van der Waals surface area contributed by atoms with Gasteiger partial charge < -0.3 is 9.26 Å². The molecule has 0 unspecified atom stereocenters. The van der Waals surface area contributed by atoms with Gasteiger partial charge >= 0.3 is 12.1 Å². The summed E-state index contributed by atoms with van der Waals surface area (Å²) in [5.74, 6) is -1.06. The Balaban J connectivity index is 1.71. The quantitative estimate of drug-likeness (QED) is 0.444. The lowest BCUT2D eigenvalue weighted by molar-refractivity contribution is -0.137.